The van der Waals surface area contributed by atoms with Gasteiger partial charge in [0.05, 0.1) is 0 Å². The van der Waals surface area contributed by atoms with Crippen molar-refractivity contribution in [2.24, 2.45) is 23.7 Å². The van der Waals surface area contributed by atoms with Crippen molar-refractivity contribution in [1.82, 2.24) is 0 Å². The van der Waals surface area contributed by atoms with E-state index in [1.54, 1.807) is 70.6 Å². The lowest BCUT2D eigenvalue weighted by atomic mass is 9.65. The van der Waals surface area contributed by atoms with Crippen LogP contribution in [0.1, 0.15) is 70.6 Å². The molecule has 0 N–H and O–H groups in total. The van der Waals surface area contributed by atoms with Crippen LogP contribution in [0.25, 0.3) is 0 Å². The maximum Gasteiger partial charge on any atom is -0.0329 e. The summed E-state index contributed by atoms with van der Waals surface area (Å²) in [6.45, 7) is 0. The van der Waals surface area contributed by atoms with Crippen LogP contribution < -0.4 is 0 Å². The molecular weight excluding hydrogens is 180 g/mol. The van der Waals surface area contributed by atoms with Gasteiger partial charge in [-0.15, -0.1) is 0 Å². The molecule has 0 heterocycles. The molecule has 3 rings (SSSR count). The first-order valence-electron chi connectivity index (χ1n) is 7.45. The summed E-state index contributed by atoms with van der Waals surface area (Å²) in [4.78, 5) is 0. The molecule has 0 saturated heterocycles. The minimum Gasteiger partial charge on any atom is -0.0530 e. The third-order valence-electron chi connectivity index (χ3n) is 5.58. The van der Waals surface area contributed by atoms with Crippen molar-refractivity contribution in [3.8, 4) is 0 Å². The molecule has 2 atom stereocenters. The summed E-state index contributed by atoms with van der Waals surface area (Å²) in [6.07, 6.45) is 17.2. The molecule has 0 nitrogen and oxygen atoms in total. The molecule has 0 heteroatoms. The number of hydrogen-bond donors (Lipinski definition) is 0. The summed E-state index contributed by atoms with van der Waals surface area (Å²) < 4.78 is 0. The summed E-state index contributed by atoms with van der Waals surface area (Å²) in [6, 6.07) is 0. The average molecular weight is 206 g/mol. The third kappa shape index (κ3) is 1.97. The van der Waals surface area contributed by atoms with Crippen LogP contribution in [0.5, 0.6) is 0 Å². The van der Waals surface area contributed by atoms with Crippen molar-refractivity contribution in [1.29, 1.82) is 0 Å². The monoisotopic (exact) mass is 206 g/mol. The Labute approximate surface area is 94.8 Å². The maximum absolute atomic E-state index is 1.58. The van der Waals surface area contributed by atoms with Gasteiger partial charge in [0, 0.05) is 0 Å². The molecule has 0 aromatic heterocycles. The average Bonchev–Trinajstić information content (AvgIpc) is 2.58. The Morgan fingerprint density at radius 2 is 0.733 bits per heavy atom. The molecule has 0 radical (unpaired) electrons. The fraction of sp³-hybridized carbons (Fsp3) is 1.00. The van der Waals surface area contributed by atoms with E-state index in [0.717, 1.165) is 17.8 Å². The topological polar surface area (TPSA) is 0 Å². The molecule has 3 aliphatic rings. The highest BCUT2D eigenvalue weighted by atomic mass is 14.4. The van der Waals surface area contributed by atoms with Crippen molar-refractivity contribution < 1.29 is 0 Å². The Bertz CT molecular complexity index is 188. The van der Waals surface area contributed by atoms with E-state index in [9.17, 15) is 0 Å². The highest BCUT2D eigenvalue weighted by molar-refractivity contribution is 4.90. The fourth-order valence-corrected chi connectivity index (χ4v) is 5.01. The molecular formula is C15H26. The predicted molar refractivity (Wildman–Crippen MR) is 64.7 cm³/mol. The molecule has 15 heavy (non-hydrogen) atoms. The predicted octanol–water partition coefficient (Wildman–Crippen LogP) is 4.78. The normalized spacial score (nSPS) is 46.4. The summed E-state index contributed by atoms with van der Waals surface area (Å²) in [7, 11) is 0. The zero-order valence-electron chi connectivity index (χ0n) is 10.1. The van der Waals surface area contributed by atoms with Gasteiger partial charge in [0.15, 0.2) is 0 Å². The van der Waals surface area contributed by atoms with Crippen LogP contribution in [0.15, 0.2) is 0 Å². The molecule has 86 valence electrons. The minimum atomic E-state index is 1.14. The summed E-state index contributed by atoms with van der Waals surface area (Å²) in [5, 5.41) is 0. The van der Waals surface area contributed by atoms with Crippen LogP contribution in [0.4, 0.5) is 0 Å². The van der Waals surface area contributed by atoms with Gasteiger partial charge < -0.3 is 0 Å². The van der Waals surface area contributed by atoms with Gasteiger partial charge >= 0.3 is 0 Å². The van der Waals surface area contributed by atoms with Crippen LogP contribution in [-0.2, 0) is 0 Å². The lowest BCUT2D eigenvalue weighted by Gasteiger charge is -2.40. The van der Waals surface area contributed by atoms with E-state index < -0.39 is 0 Å². The SMILES string of the molecule is C1CCC2CCCC3CCCCC(C1)C23. The first-order chi connectivity index (χ1) is 7.45. The van der Waals surface area contributed by atoms with E-state index in [1.807, 2.05) is 0 Å². The van der Waals surface area contributed by atoms with Crippen LogP contribution in [-0.4, -0.2) is 0 Å². The first kappa shape index (κ1) is 10.2. The summed E-state index contributed by atoms with van der Waals surface area (Å²) >= 11 is 0. The Balaban J connectivity index is 1.83. The lowest BCUT2D eigenvalue weighted by molar-refractivity contribution is 0.0949. The van der Waals surface area contributed by atoms with Gasteiger partial charge in [-0.2, -0.15) is 0 Å². The zero-order chi connectivity index (χ0) is 10.1. The maximum atomic E-state index is 1.58. The Morgan fingerprint density at radius 3 is 1.13 bits per heavy atom. The second-order valence-electron chi connectivity index (χ2n) is 6.36. The molecule has 0 aromatic rings. The van der Waals surface area contributed by atoms with Crippen LogP contribution in [0.2, 0.25) is 0 Å². The van der Waals surface area contributed by atoms with Crippen molar-refractivity contribution in [3.05, 3.63) is 0 Å². The van der Waals surface area contributed by atoms with E-state index >= 15 is 0 Å². The molecule has 2 unspecified atom stereocenters. The lowest BCUT2D eigenvalue weighted by Crippen LogP contribution is -2.32. The van der Waals surface area contributed by atoms with Crippen molar-refractivity contribution in [2.45, 2.75) is 70.6 Å². The molecule has 0 bridgehead atoms. The largest absolute Gasteiger partial charge is 0.0530 e. The molecule has 3 saturated carbocycles. The van der Waals surface area contributed by atoms with E-state index in [1.165, 1.54) is 5.92 Å². The van der Waals surface area contributed by atoms with Crippen LogP contribution in [0.3, 0.4) is 0 Å². The van der Waals surface area contributed by atoms with E-state index in [-0.39, 0.29) is 0 Å². The number of hydrogen-bond acceptors (Lipinski definition) is 0. The van der Waals surface area contributed by atoms with Crippen LogP contribution in [0, 0.1) is 23.7 Å². The fourth-order valence-electron chi connectivity index (χ4n) is 5.01. The smallest absolute Gasteiger partial charge is 0.0329 e. The van der Waals surface area contributed by atoms with Gasteiger partial charge in [0.25, 0.3) is 0 Å². The molecule has 3 fully saturated rings. The second-order valence-corrected chi connectivity index (χ2v) is 6.36. The van der Waals surface area contributed by atoms with Crippen molar-refractivity contribution >= 4 is 0 Å². The zero-order valence-corrected chi connectivity index (χ0v) is 10.1. The second kappa shape index (κ2) is 4.47. The van der Waals surface area contributed by atoms with Gasteiger partial charge in [-0.1, -0.05) is 70.6 Å². The van der Waals surface area contributed by atoms with Gasteiger partial charge in [-0.3, -0.25) is 0 Å². The Hall–Kier alpha value is 0. The van der Waals surface area contributed by atoms with Gasteiger partial charge in [-0.25, -0.2) is 0 Å². The van der Waals surface area contributed by atoms with Crippen molar-refractivity contribution in [2.75, 3.05) is 0 Å². The molecule has 0 amide bonds. The summed E-state index contributed by atoms with van der Waals surface area (Å²) in [5.41, 5.74) is 0. The van der Waals surface area contributed by atoms with Gasteiger partial charge in [-0.05, 0) is 23.7 Å². The molecule has 3 aliphatic carbocycles. The van der Waals surface area contributed by atoms with E-state index in [2.05, 4.69) is 0 Å². The van der Waals surface area contributed by atoms with Gasteiger partial charge in [0.2, 0.25) is 0 Å². The molecule has 0 aliphatic heterocycles. The Kier molecular flexibility index (Phi) is 3.03. The quantitative estimate of drug-likeness (QED) is 0.535. The highest BCUT2D eigenvalue weighted by Gasteiger charge is 2.39. The van der Waals surface area contributed by atoms with Crippen LogP contribution >= 0.6 is 0 Å². The first-order valence-corrected chi connectivity index (χ1v) is 7.45. The highest BCUT2D eigenvalue weighted by Crippen LogP contribution is 2.50. The van der Waals surface area contributed by atoms with E-state index in [0.29, 0.717) is 0 Å². The standard InChI is InChI=1S/C15H26/c1-3-8-13-10-5-11-14-9-4-2-7-12(6-1)15(13)14/h12-15H,1-11H2. The molecule has 0 spiro atoms. The third-order valence-corrected chi connectivity index (χ3v) is 5.58. The van der Waals surface area contributed by atoms with Crippen molar-refractivity contribution in [3.63, 3.8) is 0 Å². The summed E-state index contributed by atoms with van der Waals surface area (Å²) in [5.74, 6) is 4.61. The minimum absolute atomic E-state index is 1.14. The number of rotatable bonds is 0. The van der Waals surface area contributed by atoms with E-state index in [4.69, 9.17) is 0 Å². The Morgan fingerprint density at radius 1 is 0.400 bits per heavy atom. The van der Waals surface area contributed by atoms with Gasteiger partial charge in [0.1, 0.15) is 0 Å². The molecule has 0 aromatic carbocycles.